The summed E-state index contributed by atoms with van der Waals surface area (Å²) in [5.74, 6) is -0.891. The summed E-state index contributed by atoms with van der Waals surface area (Å²) in [6, 6.07) is 0. The van der Waals surface area contributed by atoms with Crippen LogP contribution in [-0.2, 0) is 28.6 Å². The summed E-state index contributed by atoms with van der Waals surface area (Å²) in [4.78, 5) is 38.4. The third-order valence-electron chi connectivity index (χ3n) is 15.0. The second kappa shape index (κ2) is 70.3. The minimum absolute atomic E-state index is 0.0833. The maximum absolute atomic E-state index is 12.9. The zero-order valence-corrected chi connectivity index (χ0v) is 54.4. The molecule has 0 aromatic heterocycles. The van der Waals surface area contributed by atoms with E-state index in [4.69, 9.17) is 14.2 Å². The highest BCUT2D eigenvalue weighted by Crippen LogP contribution is 2.17. The van der Waals surface area contributed by atoms with Crippen molar-refractivity contribution in [2.45, 2.75) is 335 Å². The summed E-state index contributed by atoms with van der Waals surface area (Å²) >= 11 is 0. The standard InChI is InChI=1S/C77H130O6/c1-4-7-10-13-16-19-22-24-26-28-30-32-33-34-35-36-37-38-39-40-41-42-43-45-46-48-50-52-55-58-61-64-67-70-76(79)82-73-74(72-81-75(78)69-66-63-60-57-54-21-18-15-12-9-6-3)83-77(80)71-68-65-62-59-56-53-51-49-47-44-31-29-27-25-23-20-17-14-11-8-5-2/h7-8,10-11,16-17,19-20,24-27,30-32,34-35,44,49,51,74H,4-6,9,12-15,18,21-23,28-29,33,36-43,45-48,50,52-73H2,1-3H3/b10-7-,11-8-,19-16-,20-17-,26-24-,27-25-,32-30-,35-34-,44-31-,51-49-. The Morgan fingerprint density at radius 1 is 0.253 bits per heavy atom. The van der Waals surface area contributed by atoms with Gasteiger partial charge >= 0.3 is 17.9 Å². The molecule has 0 aromatic carbocycles. The van der Waals surface area contributed by atoms with Crippen LogP contribution in [0.15, 0.2) is 122 Å². The summed E-state index contributed by atoms with van der Waals surface area (Å²) in [6.07, 6.45) is 98.0. The zero-order valence-electron chi connectivity index (χ0n) is 54.4. The van der Waals surface area contributed by atoms with E-state index in [2.05, 4.69) is 142 Å². The first-order chi connectivity index (χ1) is 41.0. The van der Waals surface area contributed by atoms with Gasteiger partial charge in [-0.3, -0.25) is 14.4 Å². The van der Waals surface area contributed by atoms with Crippen LogP contribution in [0.25, 0.3) is 0 Å². The van der Waals surface area contributed by atoms with Crippen molar-refractivity contribution in [1.29, 1.82) is 0 Å². The van der Waals surface area contributed by atoms with Crippen LogP contribution in [0.2, 0.25) is 0 Å². The summed E-state index contributed by atoms with van der Waals surface area (Å²) in [5.41, 5.74) is 0. The van der Waals surface area contributed by atoms with Crippen LogP contribution >= 0.6 is 0 Å². The Balaban J connectivity index is 4.20. The number of unbranched alkanes of at least 4 members (excludes halogenated alkanes) is 32. The Labute approximate surface area is 513 Å². The Morgan fingerprint density at radius 3 is 0.735 bits per heavy atom. The molecule has 0 radical (unpaired) electrons. The van der Waals surface area contributed by atoms with Gasteiger partial charge in [-0.05, 0) is 109 Å². The molecule has 0 aromatic rings. The molecule has 0 fully saturated rings. The van der Waals surface area contributed by atoms with Gasteiger partial charge in [0.15, 0.2) is 6.10 Å². The highest BCUT2D eigenvalue weighted by Gasteiger charge is 2.19. The van der Waals surface area contributed by atoms with Crippen LogP contribution in [0.5, 0.6) is 0 Å². The van der Waals surface area contributed by atoms with Gasteiger partial charge < -0.3 is 14.2 Å². The van der Waals surface area contributed by atoms with Crippen LogP contribution in [0, 0.1) is 0 Å². The minimum Gasteiger partial charge on any atom is -0.462 e. The molecular formula is C77H130O6. The van der Waals surface area contributed by atoms with Gasteiger partial charge in [-0.15, -0.1) is 0 Å². The Bertz CT molecular complexity index is 1700. The average molecular weight is 1150 g/mol. The highest BCUT2D eigenvalue weighted by atomic mass is 16.6. The van der Waals surface area contributed by atoms with Gasteiger partial charge in [-0.2, -0.15) is 0 Å². The molecule has 0 spiro atoms. The van der Waals surface area contributed by atoms with Gasteiger partial charge in [0, 0.05) is 19.3 Å². The number of ether oxygens (including phenoxy) is 3. The van der Waals surface area contributed by atoms with Gasteiger partial charge in [0.25, 0.3) is 0 Å². The monoisotopic (exact) mass is 1150 g/mol. The number of allylic oxidation sites excluding steroid dienone is 20. The lowest BCUT2D eigenvalue weighted by Gasteiger charge is -2.18. The van der Waals surface area contributed by atoms with Crippen molar-refractivity contribution in [2.24, 2.45) is 0 Å². The van der Waals surface area contributed by atoms with Crippen molar-refractivity contribution in [1.82, 2.24) is 0 Å². The molecule has 83 heavy (non-hydrogen) atoms. The molecule has 1 unspecified atom stereocenters. The van der Waals surface area contributed by atoms with E-state index < -0.39 is 6.10 Å². The number of carbonyl (C=O) groups is 3. The third kappa shape index (κ3) is 68.5. The van der Waals surface area contributed by atoms with E-state index in [-0.39, 0.29) is 31.1 Å². The molecule has 0 aliphatic heterocycles. The van der Waals surface area contributed by atoms with E-state index in [0.29, 0.717) is 19.3 Å². The maximum atomic E-state index is 12.9. The molecule has 0 N–H and O–H groups in total. The zero-order chi connectivity index (χ0) is 59.9. The molecule has 0 bridgehead atoms. The highest BCUT2D eigenvalue weighted by molar-refractivity contribution is 5.71. The van der Waals surface area contributed by atoms with Gasteiger partial charge in [-0.1, -0.05) is 322 Å². The van der Waals surface area contributed by atoms with Crippen LogP contribution in [0.4, 0.5) is 0 Å². The van der Waals surface area contributed by atoms with Crippen molar-refractivity contribution in [3.63, 3.8) is 0 Å². The van der Waals surface area contributed by atoms with E-state index in [1.165, 1.54) is 148 Å². The molecule has 6 heteroatoms. The van der Waals surface area contributed by atoms with E-state index in [1.807, 2.05) is 0 Å². The second-order valence-electron chi connectivity index (χ2n) is 23.0. The van der Waals surface area contributed by atoms with Gasteiger partial charge in [0.05, 0.1) is 0 Å². The lowest BCUT2D eigenvalue weighted by molar-refractivity contribution is -0.167. The predicted octanol–water partition coefficient (Wildman–Crippen LogP) is 24.3. The van der Waals surface area contributed by atoms with E-state index in [9.17, 15) is 14.4 Å². The van der Waals surface area contributed by atoms with Crippen molar-refractivity contribution >= 4 is 17.9 Å². The van der Waals surface area contributed by atoms with Crippen LogP contribution in [-0.4, -0.2) is 37.2 Å². The largest absolute Gasteiger partial charge is 0.462 e. The normalized spacial score (nSPS) is 12.9. The van der Waals surface area contributed by atoms with E-state index in [1.54, 1.807) is 0 Å². The molecule has 474 valence electrons. The van der Waals surface area contributed by atoms with Crippen molar-refractivity contribution < 1.29 is 28.6 Å². The quantitative estimate of drug-likeness (QED) is 0.0261. The molecule has 0 aliphatic rings. The number of carbonyl (C=O) groups excluding carboxylic acids is 3. The Hall–Kier alpha value is -4.19. The lowest BCUT2D eigenvalue weighted by atomic mass is 10.0. The Morgan fingerprint density at radius 2 is 0.470 bits per heavy atom. The Kier molecular flexibility index (Phi) is 66.7. The van der Waals surface area contributed by atoms with E-state index >= 15 is 0 Å². The fraction of sp³-hybridized carbons (Fsp3) is 0.701. The van der Waals surface area contributed by atoms with Gasteiger partial charge in [0.1, 0.15) is 13.2 Å². The molecule has 0 amide bonds. The molecule has 0 saturated carbocycles. The predicted molar refractivity (Wildman–Crippen MR) is 362 cm³/mol. The summed E-state index contributed by atoms with van der Waals surface area (Å²) in [6.45, 7) is 6.42. The number of hydrogen-bond donors (Lipinski definition) is 0. The average Bonchev–Trinajstić information content (AvgIpc) is 3.48. The molecule has 0 aliphatic carbocycles. The maximum Gasteiger partial charge on any atom is 0.306 e. The minimum atomic E-state index is -0.789. The lowest BCUT2D eigenvalue weighted by Crippen LogP contribution is -2.30. The topological polar surface area (TPSA) is 78.9 Å². The summed E-state index contributed by atoms with van der Waals surface area (Å²) in [7, 11) is 0. The van der Waals surface area contributed by atoms with Gasteiger partial charge in [0.2, 0.25) is 0 Å². The number of hydrogen-bond acceptors (Lipinski definition) is 6. The molecule has 1 atom stereocenters. The number of rotatable bonds is 63. The molecule has 0 heterocycles. The summed E-state index contributed by atoms with van der Waals surface area (Å²) in [5, 5.41) is 0. The second-order valence-corrected chi connectivity index (χ2v) is 23.0. The fourth-order valence-electron chi connectivity index (χ4n) is 9.79. The smallest absolute Gasteiger partial charge is 0.306 e. The van der Waals surface area contributed by atoms with Crippen molar-refractivity contribution in [3.05, 3.63) is 122 Å². The van der Waals surface area contributed by atoms with Crippen LogP contribution in [0.1, 0.15) is 329 Å². The number of esters is 3. The van der Waals surface area contributed by atoms with Crippen molar-refractivity contribution in [2.75, 3.05) is 13.2 Å². The first-order valence-corrected chi connectivity index (χ1v) is 35.0. The molecule has 6 nitrogen and oxygen atoms in total. The van der Waals surface area contributed by atoms with Crippen LogP contribution < -0.4 is 0 Å². The van der Waals surface area contributed by atoms with Crippen LogP contribution in [0.3, 0.4) is 0 Å². The summed E-state index contributed by atoms with van der Waals surface area (Å²) < 4.78 is 16.9. The molecule has 0 saturated heterocycles. The first-order valence-electron chi connectivity index (χ1n) is 35.0. The first kappa shape index (κ1) is 78.8. The van der Waals surface area contributed by atoms with Crippen molar-refractivity contribution in [3.8, 4) is 0 Å². The molecular weight excluding hydrogens is 1020 g/mol. The third-order valence-corrected chi connectivity index (χ3v) is 15.0. The fourth-order valence-corrected chi connectivity index (χ4v) is 9.79. The van der Waals surface area contributed by atoms with Gasteiger partial charge in [-0.25, -0.2) is 0 Å². The van der Waals surface area contributed by atoms with E-state index in [0.717, 1.165) is 141 Å². The SMILES string of the molecule is CC/C=C\C/C=C\C/C=C\C/C=C\C/C=C\CCCCCCCCCCCCCCCCCCCC(=O)OCC(COC(=O)CCCCCCCCCCCCC)OC(=O)CCCCCCC/C=C\C/C=C\C/C=C\C/C=C\C/C=C\CC. The molecule has 0 rings (SSSR count).